The van der Waals surface area contributed by atoms with Gasteiger partial charge in [-0.15, -0.1) is 0 Å². The fraction of sp³-hybridized carbons (Fsp3) is 0.444. The van der Waals surface area contributed by atoms with Crippen molar-refractivity contribution in [2.24, 2.45) is 11.8 Å². The third-order valence-electron chi connectivity index (χ3n) is 6.95. The number of carboxylic acid groups (broad SMARTS) is 1. The van der Waals surface area contributed by atoms with Gasteiger partial charge in [0.1, 0.15) is 6.61 Å². The standard InChI is InChI=1S/C27H32N2O5/c1-17(2)24(14-25(30)29-12-11-18(15-29)13-26(31)32)28-27(33)34-16-23-21-9-5-3-7-19(21)20-8-4-6-10-22(20)23/h3-10,17-18,23-24H,11-16H2,1-2H3,(H,28,33)(H,31,32)/t18?,24-/m0/s1. The molecule has 2 aromatic carbocycles. The Morgan fingerprint density at radius 3 is 2.26 bits per heavy atom. The van der Waals surface area contributed by atoms with Crippen LogP contribution in [0.2, 0.25) is 0 Å². The second-order valence-electron chi connectivity index (χ2n) is 9.62. The largest absolute Gasteiger partial charge is 0.481 e. The number of aliphatic carboxylic acids is 1. The van der Waals surface area contributed by atoms with Gasteiger partial charge in [0.25, 0.3) is 0 Å². The molecule has 0 radical (unpaired) electrons. The molecule has 34 heavy (non-hydrogen) atoms. The molecule has 2 aliphatic rings. The van der Waals surface area contributed by atoms with Crippen LogP contribution in [0.5, 0.6) is 0 Å². The van der Waals surface area contributed by atoms with E-state index in [1.54, 1.807) is 4.90 Å². The first-order chi connectivity index (χ1) is 16.3. The van der Waals surface area contributed by atoms with Crippen molar-refractivity contribution in [3.8, 4) is 11.1 Å². The van der Waals surface area contributed by atoms with Gasteiger partial charge < -0.3 is 20.1 Å². The van der Waals surface area contributed by atoms with E-state index in [4.69, 9.17) is 9.84 Å². The Kier molecular flexibility index (Phi) is 7.20. The fourth-order valence-corrected chi connectivity index (χ4v) is 5.03. The molecule has 2 N–H and O–H groups in total. The van der Waals surface area contributed by atoms with E-state index in [1.807, 2.05) is 38.1 Å². The molecule has 0 aromatic heterocycles. The van der Waals surface area contributed by atoms with Crippen molar-refractivity contribution in [1.29, 1.82) is 0 Å². The Bertz CT molecular complexity index is 1020. The number of hydrogen-bond acceptors (Lipinski definition) is 4. The Morgan fingerprint density at radius 2 is 1.68 bits per heavy atom. The van der Waals surface area contributed by atoms with E-state index in [-0.39, 0.29) is 49.2 Å². The van der Waals surface area contributed by atoms with Crippen LogP contribution in [-0.4, -0.2) is 53.7 Å². The van der Waals surface area contributed by atoms with Gasteiger partial charge in [-0.25, -0.2) is 4.79 Å². The number of carboxylic acids is 1. The molecule has 180 valence electrons. The zero-order chi connectivity index (χ0) is 24.2. The Morgan fingerprint density at radius 1 is 1.06 bits per heavy atom. The van der Waals surface area contributed by atoms with Gasteiger partial charge in [-0.3, -0.25) is 9.59 Å². The minimum atomic E-state index is -0.837. The maximum absolute atomic E-state index is 12.8. The van der Waals surface area contributed by atoms with Crippen LogP contribution in [0.3, 0.4) is 0 Å². The smallest absolute Gasteiger partial charge is 0.407 e. The number of amides is 2. The van der Waals surface area contributed by atoms with Crippen LogP contribution in [0.1, 0.15) is 50.2 Å². The van der Waals surface area contributed by atoms with Crippen molar-refractivity contribution < 1.29 is 24.2 Å². The summed E-state index contributed by atoms with van der Waals surface area (Å²) in [6.45, 7) is 5.16. The summed E-state index contributed by atoms with van der Waals surface area (Å²) in [6, 6.07) is 16.0. The molecular formula is C27H32N2O5. The number of hydrogen-bond donors (Lipinski definition) is 2. The van der Waals surface area contributed by atoms with E-state index in [2.05, 4.69) is 29.6 Å². The van der Waals surface area contributed by atoms with Gasteiger partial charge in [-0.2, -0.15) is 0 Å². The van der Waals surface area contributed by atoms with Crippen molar-refractivity contribution in [3.05, 3.63) is 59.7 Å². The van der Waals surface area contributed by atoms with Crippen LogP contribution in [0.15, 0.2) is 48.5 Å². The molecule has 0 spiro atoms. The molecule has 7 nitrogen and oxygen atoms in total. The Hall–Kier alpha value is -3.35. The lowest BCUT2D eigenvalue weighted by Crippen LogP contribution is -2.43. The molecule has 2 amide bonds. The van der Waals surface area contributed by atoms with Gasteiger partial charge in [0, 0.05) is 37.9 Å². The van der Waals surface area contributed by atoms with E-state index in [1.165, 1.54) is 11.1 Å². The topological polar surface area (TPSA) is 95.9 Å². The maximum Gasteiger partial charge on any atom is 0.407 e. The Balaban J connectivity index is 1.33. The van der Waals surface area contributed by atoms with Crippen LogP contribution < -0.4 is 5.32 Å². The number of likely N-dealkylation sites (tertiary alicyclic amines) is 1. The number of ether oxygens (including phenoxy) is 1. The predicted octanol–water partition coefficient (Wildman–Crippen LogP) is 4.26. The first-order valence-electron chi connectivity index (χ1n) is 11.9. The average Bonchev–Trinajstić information content (AvgIpc) is 3.39. The predicted molar refractivity (Wildman–Crippen MR) is 128 cm³/mol. The summed E-state index contributed by atoms with van der Waals surface area (Å²) in [4.78, 5) is 38.2. The number of rotatable bonds is 8. The number of carbonyl (C=O) groups excluding carboxylic acids is 2. The lowest BCUT2D eigenvalue weighted by molar-refractivity contribution is -0.138. The number of nitrogens with zero attached hydrogens (tertiary/aromatic N) is 1. The molecule has 7 heteroatoms. The second-order valence-corrected chi connectivity index (χ2v) is 9.62. The number of nitrogens with one attached hydrogen (secondary N) is 1. The van der Waals surface area contributed by atoms with E-state index in [0.717, 1.165) is 11.1 Å². The summed E-state index contributed by atoms with van der Waals surface area (Å²) in [7, 11) is 0. The molecule has 2 atom stereocenters. The monoisotopic (exact) mass is 464 g/mol. The minimum Gasteiger partial charge on any atom is -0.481 e. The van der Waals surface area contributed by atoms with Gasteiger partial charge in [-0.1, -0.05) is 62.4 Å². The lowest BCUT2D eigenvalue weighted by Gasteiger charge is -2.25. The molecular weight excluding hydrogens is 432 g/mol. The minimum absolute atomic E-state index is 0.00552. The first kappa shape index (κ1) is 23.8. The highest BCUT2D eigenvalue weighted by atomic mass is 16.5. The summed E-state index contributed by atoms with van der Waals surface area (Å²) in [5.41, 5.74) is 4.64. The highest BCUT2D eigenvalue weighted by Gasteiger charge is 2.32. The maximum atomic E-state index is 12.8. The van der Waals surface area contributed by atoms with Crippen molar-refractivity contribution in [1.82, 2.24) is 10.2 Å². The molecule has 1 heterocycles. The third kappa shape index (κ3) is 5.24. The number of benzene rings is 2. The van der Waals surface area contributed by atoms with Crippen molar-refractivity contribution in [3.63, 3.8) is 0 Å². The third-order valence-corrected chi connectivity index (χ3v) is 6.95. The SMILES string of the molecule is CC(C)[C@H](CC(=O)N1CCC(CC(=O)O)C1)NC(=O)OCC1c2ccccc2-c2ccccc21. The van der Waals surface area contributed by atoms with E-state index >= 15 is 0 Å². The first-order valence-corrected chi connectivity index (χ1v) is 11.9. The molecule has 1 fully saturated rings. The summed E-state index contributed by atoms with van der Waals surface area (Å²) in [6.07, 6.45) is 0.417. The highest BCUT2D eigenvalue weighted by molar-refractivity contribution is 5.80. The van der Waals surface area contributed by atoms with Crippen molar-refractivity contribution >= 4 is 18.0 Å². The van der Waals surface area contributed by atoms with Crippen LogP contribution in [0.4, 0.5) is 4.79 Å². The average molecular weight is 465 g/mol. The number of carbonyl (C=O) groups is 3. The van der Waals surface area contributed by atoms with Crippen molar-refractivity contribution in [2.45, 2.75) is 45.1 Å². The molecule has 1 aliphatic heterocycles. The Labute approximate surface area is 200 Å². The van der Waals surface area contributed by atoms with Crippen LogP contribution in [-0.2, 0) is 14.3 Å². The second kappa shape index (κ2) is 10.3. The molecule has 0 bridgehead atoms. The highest BCUT2D eigenvalue weighted by Crippen LogP contribution is 2.44. The molecule has 1 saturated heterocycles. The van der Waals surface area contributed by atoms with Gasteiger partial charge in [0.2, 0.25) is 5.91 Å². The zero-order valence-electron chi connectivity index (χ0n) is 19.7. The van der Waals surface area contributed by atoms with Gasteiger partial charge in [-0.05, 0) is 40.5 Å². The number of alkyl carbamates (subject to hydrolysis) is 1. The molecule has 2 aromatic rings. The lowest BCUT2D eigenvalue weighted by atomic mass is 9.98. The van der Waals surface area contributed by atoms with E-state index in [9.17, 15) is 14.4 Å². The van der Waals surface area contributed by atoms with E-state index in [0.29, 0.717) is 19.5 Å². The molecule has 0 saturated carbocycles. The number of fused-ring (bicyclic) bond motifs is 3. The van der Waals surface area contributed by atoms with E-state index < -0.39 is 12.1 Å². The van der Waals surface area contributed by atoms with Gasteiger partial charge in [0.15, 0.2) is 0 Å². The molecule has 4 rings (SSSR count). The van der Waals surface area contributed by atoms with Gasteiger partial charge in [0.05, 0.1) is 0 Å². The zero-order valence-corrected chi connectivity index (χ0v) is 19.7. The summed E-state index contributed by atoms with van der Waals surface area (Å²) < 4.78 is 5.65. The van der Waals surface area contributed by atoms with Crippen LogP contribution in [0, 0.1) is 11.8 Å². The molecule has 1 unspecified atom stereocenters. The van der Waals surface area contributed by atoms with Crippen molar-refractivity contribution in [2.75, 3.05) is 19.7 Å². The quantitative estimate of drug-likeness (QED) is 0.609. The molecule has 1 aliphatic carbocycles. The summed E-state index contributed by atoms with van der Waals surface area (Å²) in [5.74, 6) is -0.884. The van der Waals surface area contributed by atoms with Crippen LogP contribution in [0.25, 0.3) is 11.1 Å². The fourth-order valence-electron chi connectivity index (χ4n) is 5.03. The summed E-state index contributed by atoms with van der Waals surface area (Å²) >= 11 is 0. The van der Waals surface area contributed by atoms with Crippen LogP contribution >= 0.6 is 0 Å². The summed E-state index contributed by atoms with van der Waals surface area (Å²) in [5, 5.41) is 11.9. The van der Waals surface area contributed by atoms with Gasteiger partial charge >= 0.3 is 12.1 Å². The normalized spacial score (nSPS) is 17.9.